The van der Waals surface area contributed by atoms with Crippen LogP contribution >= 0.6 is 0 Å². The molecule has 0 spiro atoms. The summed E-state index contributed by atoms with van der Waals surface area (Å²) < 4.78 is 0. The zero-order valence-electron chi connectivity index (χ0n) is 8.58. The third-order valence-electron chi connectivity index (χ3n) is 2.78. The van der Waals surface area contributed by atoms with Gasteiger partial charge in [0.05, 0.1) is 6.10 Å². The lowest BCUT2D eigenvalue weighted by molar-refractivity contribution is 0.0213. The summed E-state index contributed by atoms with van der Waals surface area (Å²) in [5, 5.41) is 9.63. The minimum atomic E-state index is -0.136. The first kappa shape index (κ1) is 10.6. The third kappa shape index (κ3) is 3.02. The lowest BCUT2D eigenvalue weighted by Gasteiger charge is -2.36. The van der Waals surface area contributed by atoms with Crippen molar-refractivity contribution in [1.29, 1.82) is 0 Å². The molecule has 0 amide bonds. The molecule has 1 aliphatic heterocycles. The Morgan fingerprint density at radius 1 is 1.54 bits per heavy atom. The Morgan fingerprint density at radius 2 is 2.31 bits per heavy atom. The van der Waals surface area contributed by atoms with Crippen LogP contribution in [0.4, 0.5) is 0 Å². The molecule has 0 saturated carbocycles. The molecule has 1 aliphatic rings. The van der Waals surface area contributed by atoms with E-state index in [-0.39, 0.29) is 6.10 Å². The average molecular weight is 181 g/mol. The number of aliphatic hydroxyl groups excluding tert-OH is 1. The fourth-order valence-electron chi connectivity index (χ4n) is 1.83. The molecule has 2 unspecified atom stereocenters. The summed E-state index contributed by atoms with van der Waals surface area (Å²) in [4.78, 5) is 2.33. The highest BCUT2D eigenvalue weighted by molar-refractivity contribution is 4.96. The molecule has 0 aromatic heterocycles. The van der Waals surface area contributed by atoms with Gasteiger partial charge in [-0.3, -0.25) is 4.90 Å². The SMILES string of the molecule is CC#CCCN1CCCC(O)C1C. The highest BCUT2D eigenvalue weighted by atomic mass is 16.3. The van der Waals surface area contributed by atoms with Crippen LogP contribution in [0.25, 0.3) is 0 Å². The first-order valence-corrected chi connectivity index (χ1v) is 5.07. The molecule has 2 atom stereocenters. The van der Waals surface area contributed by atoms with Gasteiger partial charge in [0.15, 0.2) is 0 Å². The van der Waals surface area contributed by atoms with Crippen molar-refractivity contribution in [3.8, 4) is 11.8 Å². The number of piperidine rings is 1. The smallest absolute Gasteiger partial charge is 0.0693 e. The van der Waals surface area contributed by atoms with Gasteiger partial charge in [-0.15, -0.1) is 11.8 Å². The van der Waals surface area contributed by atoms with E-state index in [1.54, 1.807) is 0 Å². The van der Waals surface area contributed by atoms with Crippen LogP contribution in [-0.2, 0) is 0 Å². The summed E-state index contributed by atoms with van der Waals surface area (Å²) in [7, 11) is 0. The van der Waals surface area contributed by atoms with Gasteiger partial charge in [-0.1, -0.05) is 0 Å². The van der Waals surface area contributed by atoms with Crippen LogP contribution in [-0.4, -0.2) is 35.2 Å². The first-order chi connectivity index (χ1) is 6.25. The second kappa shape index (κ2) is 5.26. The standard InChI is InChI=1S/C11H19NO/c1-3-4-5-8-12-9-6-7-11(13)10(12)2/h10-11,13H,5-9H2,1-2H3. The topological polar surface area (TPSA) is 23.5 Å². The average Bonchev–Trinajstić information content (AvgIpc) is 2.13. The van der Waals surface area contributed by atoms with Crippen molar-refractivity contribution < 1.29 is 5.11 Å². The summed E-state index contributed by atoms with van der Waals surface area (Å²) >= 11 is 0. The first-order valence-electron chi connectivity index (χ1n) is 5.07. The van der Waals surface area contributed by atoms with Gasteiger partial charge in [-0.2, -0.15) is 0 Å². The predicted octanol–water partition coefficient (Wildman–Crippen LogP) is 1.25. The van der Waals surface area contributed by atoms with Crippen molar-refractivity contribution in [3.63, 3.8) is 0 Å². The zero-order chi connectivity index (χ0) is 9.68. The number of hydrogen-bond donors (Lipinski definition) is 1. The van der Waals surface area contributed by atoms with E-state index in [1.165, 1.54) is 0 Å². The predicted molar refractivity (Wildman–Crippen MR) is 54.3 cm³/mol. The van der Waals surface area contributed by atoms with E-state index >= 15 is 0 Å². The van der Waals surface area contributed by atoms with Crippen molar-refractivity contribution in [3.05, 3.63) is 0 Å². The van der Waals surface area contributed by atoms with E-state index in [0.717, 1.165) is 32.4 Å². The molecule has 1 saturated heterocycles. The Morgan fingerprint density at radius 3 is 3.00 bits per heavy atom. The number of nitrogens with zero attached hydrogens (tertiary/aromatic N) is 1. The maximum atomic E-state index is 9.63. The summed E-state index contributed by atoms with van der Waals surface area (Å²) in [5.74, 6) is 5.95. The van der Waals surface area contributed by atoms with Gasteiger partial charge in [0.2, 0.25) is 0 Å². The summed E-state index contributed by atoms with van der Waals surface area (Å²) in [6.45, 7) is 6.08. The van der Waals surface area contributed by atoms with Gasteiger partial charge in [-0.05, 0) is 33.2 Å². The van der Waals surface area contributed by atoms with E-state index < -0.39 is 0 Å². The van der Waals surface area contributed by atoms with E-state index in [0.29, 0.717) is 6.04 Å². The van der Waals surface area contributed by atoms with E-state index in [9.17, 15) is 5.11 Å². The molecule has 74 valence electrons. The maximum absolute atomic E-state index is 9.63. The Labute approximate surface area is 80.9 Å². The molecule has 0 radical (unpaired) electrons. The molecule has 0 aromatic rings. The fourth-order valence-corrected chi connectivity index (χ4v) is 1.83. The molecule has 1 heterocycles. The third-order valence-corrected chi connectivity index (χ3v) is 2.78. The Bertz CT molecular complexity index is 204. The molecule has 0 aromatic carbocycles. The van der Waals surface area contributed by atoms with E-state index in [1.807, 2.05) is 6.92 Å². The van der Waals surface area contributed by atoms with Gasteiger partial charge < -0.3 is 5.11 Å². The molecule has 13 heavy (non-hydrogen) atoms. The summed E-state index contributed by atoms with van der Waals surface area (Å²) in [6.07, 6.45) is 2.86. The second-order valence-corrected chi connectivity index (χ2v) is 3.66. The normalized spacial score (nSPS) is 29.5. The quantitative estimate of drug-likeness (QED) is 0.648. The summed E-state index contributed by atoms with van der Waals surface area (Å²) in [5.41, 5.74) is 0. The molecule has 1 fully saturated rings. The van der Waals surface area contributed by atoms with E-state index in [4.69, 9.17) is 0 Å². The molecule has 2 nitrogen and oxygen atoms in total. The molecule has 0 bridgehead atoms. The number of likely N-dealkylation sites (tertiary alicyclic amines) is 1. The van der Waals surface area contributed by atoms with Gasteiger partial charge >= 0.3 is 0 Å². The van der Waals surface area contributed by atoms with Crippen molar-refractivity contribution in [2.45, 2.75) is 45.3 Å². The van der Waals surface area contributed by atoms with Crippen LogP contribution in [0.1, 0.15) is 33.1 Å². The Kier molecular flexibility index (Phi) is 4.27. The van der Waals surface area contributed by atoms with Crippen LogP contribution in [0.2, 0.25) is 0 Å². The van der Waals surface area contributed by atoms with Gasteiger partial charge in [0, 0.05) is 19.0 Å². The number of aliphatic hydroxyl groups is 1. The summed E-state index contributed by atoms with van der Waals surface area (Å²) in [6, 6.07) is 0.312. The van der Waals surface area contributed by atoms with Crippen LogP contribution in [0.15, 0.2) is 0 Å². The van der Waals surface area contributed by atoms with Crippen LogP contribution < -0.4 is 0 Å². The van der Waals surface area contributed by atoms with Gasteiger partial charge in [0.25, 0.3) is 0 Å². The zero-order valence-corrected chi connectivity index (χ0v) is 8.58. The Hall–Kier alpha value is -0.520. The monoisotopic (exact) mass is 181 g/mol. The molecular formula is C11H19NO. The Balaban J connectivity index is 2.33. The highest BCUT2D eigenvalue weighted by Crippen LogP contribution is 2.16. The van der Waals surface area contributed by atoms with E-state index in [2.05, 4.69) is 23.7 Å². The molecule has 2 heteroatoms. The minimum Gasteiger partial charge on any atom is -0.392 e. The molecular weight excluding hydrogens is 162 g/mol. The molecule has 1 rings (SSSR count). The molecule has 0 aliphatic carbocycles. The minimum absolute atomic E-state index is 0.136. The van der Waals surface area contributed by atoms with Crippen molar-refractivity contribution >= 4 is 0 Å². The van der Waals surface area contributed by atoms with Crippen LogP contribution in [0.5, 0.6) is 0 Å². The second-order valence-electron chi connectivity index (χ2n) is 3.66. The van der Waals surface area contributed by atoms with Crippen molar-refractivity contribution in [2.24, 2.45) is 0 Å². The van der Waals surface area contributed by atoms with Crippen LogP contribution in [0, 0.1) is 11.8 Å². The number of hydrogen-bond acceptors (Lipinski definition) is 2. The molecule has 1 N–H and O–H groups in total. The van der Waals surface area contributed by atoms with Crippen molar-refractivity contribution in [2.75, 3.05) is 13.1 Å². The fraction of sp³-hybridized carbons (Fsp3) is 0.818. The van der Waals surface area contributed by atoms with Gasteiger partial charge in [0.1, 0.15) is 0 Å². The number of rotatable bonds is 2. The lowest BCUT2D eigenvalue weighted by atomic mass is 10.0. The maximum Gasteiger partial charge on any atom is 0.0693 e. The highest BCUT2D eigenvalue weighted by Gasteiger charge is 2.25. The largest absolute Gasteiger partial charge is 0.392 e. The van der Waals surface area contributed by atoms with Crippen LogP contribution in [0.3, 0.4) is 0 Å². The van der Waals surface area contributed by atoms with Gasteiger partial charge in [-0.25, -0.2) is 0 Å². The lowest BCUT2D eigenvalue weighted by Crippen LogP contribution is -2.46. The van der Waals surface area contributed by atoms with Crippen molar-refractivity contribution in [1.82, 2.24) is 4.90 Å².